The van der Waals surface area contributed by atoms with Crippen molar-refractivity contribution in [1.29, 1.82) is 0 Å². The summed E-state index contributed by atoms with van der Waals surface area (Å²) in [5.41, 5.74) is 2.18. The summed E-state index contributed by atoms with van der Waals surface area (Å²) in [5, 5.41) is 0. The lowest BCUT2D eigenvalue weighted by Crippen LogP contribution is -2.35. The van der Waals surface area contributed by atoms with Crippen LogP contribution in [0.15, 0.2) is 72.8 Å². The topological polar surface area (TPSA) is 54.0 Å². The molecule has 3 atom stereocenters. The smallest absolute Gasteiger partial charge is 0.435 e. The van der Waals surface area contributed by atoms with Gasteiger partial charge in [0.1, 0.15) is 6.10 Å². The predicted octanol–water partition coefficient (Wildman–Crippen LogP) is 4.52. The third-order valence-electron chi connectivity index (χ3n) is 4.50. The second-order valence-corrected chi connectivity index (χ2v) is 6.58. The van der Waals surface area contributed by atoms with Gasteiger partial charge in [0, 0.05) is 5.92 Å². The normalized spacial score (nSPS) is 20.8. The van der Waals surface area contributed by atoms with E-state index in [2.05, 4.69) is 0 Å². The van der Waals surface area contributed by atoms with E-state index in [4.69, 9.17) is 18.9 Å². The molecule has 5 heteroatoms. The van der Waals surface area contributed by atoms with Crippen LogP contribution in [-0.2, 0) is 32.2 Å². The fourth-order valence-corrected chi connectivity index (χ4v) is 3.11. The van der Waals surface area contributed by atoms with Crippen molar-refractivity contribution in [2.24, 2.45) is 5.92 Å². The summed E-state index contributed by atoms with van der Waals surface area (Å²) in [4.78, 5) is 11.8. The highest BCUT2D eigenvalue weighted by atomic mass is 16.7. The molecule has 0 radical (unpaired) electrons. The van der Waals surface area contributed by atoms with Gasteiger partial charge in [-0.25, -0.2) is 4.79 Å². The number of carbonyl (C=O) groups is 1. The molecule has 0 saturated carbocycles. The summed E-state index contributed by atoms with van der Waals surface area (Å²) in [6, 6.07) is 19.9. The lowest BCUT2D eigenvalue weighted by Gasteiger charge is -2.25. The molecule has 0 N–H and O–H groups in total. The largest absolute Gasteiger partial charge is 0.508 e. The molecule has 0 fully saturated rings. The predicted molar refractivity (Wildman–Crippen MR) is 106 cm³/mol. The Labute approximate surface area is 165 Å². The number of ether oxygens (including phenoxy) is 4. The van der Waals surface area contributed by atoms with Crippen molar-refractivity contribution < 1.29 is 23.7 Å². The zero-order valence-corrected chi connectivity index (χ0v) is 16.0. The monoisotopic (exact) mass is 382 g/mol. The summed E-state index contributed by atoms with van der Waals surface area (Å²) in [5.74, 6) is -0.00755. The molecule has 0 spiro atoms. The van der Waals surface area contributed by atoms with Crippen LogP contribution in [0.1, 0.15) is 18.1 Å². The van der Waals surface area contributed by atoms with Crippen LogP contribution in [0.25, 0.3) is 0 Å². The second kappa shape index (κ2) is 10.6. The summed E-state index contributed by atoms with van der Waals surface area (Å²) in [6.07, 6.45) is 2.35. The Morgan fingerprint density at radius 2 is 1.54 bits per heavy atom. The van der Waals surface area contributed by atoms with Gasteiger partial charge in [0.05, 0.1) is 26.4 Å². The summed E-state index contributed by atoms with van der Waals surface area (Å²) >= 11 is 0. The molecule has 1 aliphatic rings. The Morgan fingerprint density at radius 3 is 2.18 bits per heavy atom. The van der Waals surface area contributed by atoms with Crippen molar-refractivity contribution in [2.75, 3.05) is 13.2 Å². The van der Waals surface area contributed by atoms with Crippen molar-refractivity contribution in [1.82, 2.24) is 0 Å². The van der Waals surface area contributed by atoms with Gasteiger partial charge < -0.3 is 18.9 Å². The molecule has 28 heavy (non-hydrogen) atoms. The molecule has 1 aliphatic carbocycles. The van der Waals surface area contributed by atoms with Gasteiger partial charge in [0.15, 0.2) is 6.10 Å². The molecule has 0 unspecified atom stereocenters. The minimum absolute atomic E-state index is 0.00755. The number of benzene rings is 2. The standard InChI is InChI=1S/C23H26O5/c1-2-26-23(24)28-21-14-13-20(17-25-15-18-9-5-3-6-10-18)22(21)27-16-19-11-7-4-8-12-19/h3-14,20-22H,2,15-17H2,1H3/t20-,21-,22-/m0/s1. The third-order valence-corrected chi connectivity index (χ3v) is 4.50. The Balaban J connectivity index is 1.58. The fraction of sp³-hybridized carbons (Fsp3) is 0.348. The quantitative estimate of drug-likeness (QED) is 0.472. The van der Waals surface area contributed by atoms with E-state index >= 15 is 0 Å². The number of rotatable bonds is 9. The van der Waals surface area contributed by atoms with E-state index in [1.165, 1.54) is 0 Å². The first-order valence-electron chi connectivity index (χ1n) is 9.55. The van der Waals surface area contributed by atoms with E-state index in [0.29, 0.717) is 19.8 Å². The molecule has 0 aromatic heterocycles. The Bertz CT molecular complexity index is 744. The van der Waals surface area contributed by atoms with Crippen LogP contribution in [-0.4, -0.2) is 31.6 Å². The summed E-state index contributed by atoms with van der Waals surface area (Å²) in [6.45, 7) is 3.46. The first-order chi connectivity index (χ1) is 13.8. The maximum Gasteiger partial charge on any atom is 0.508 e. The Kier molecular flexibility index (Phi) is 7.64. The van der Waals surface area contributed by atoms with Crippen molar-refractivity contribution in [2.45, 2.75) is 32.3 Å². The van der Waals surface area contributed by atoms with Crippen molar-refractivity contribution >= 4 is 6.16 Å². The highest BCUT2D eigenvalue weighted by Gasteiger charge is 2.36. The molecule has 5 nitrogen and oxygen atoms in total. The highest BCUT2D eigenvalue weighted by molar-refractivity contribution is 5.60. The van der Waals surface area contributed by atoms with Crippen LogP contribution in [0, 0.1) is 5.92 Å². The van der Waals surface area contributed by atoms with Gasteiger partial charge in [-0.3, -0.25) is 0 Å². The van der Waals surface area contributed by atoms with E-state index in [-0.39, 0.29) is 18.6 Å². The number of hydrogen-bond acceptors (Lipinski definition) is 5. The van der Waals surface area contributed by atoms with Gasteiger partial charge in [-0.2, -0.15) is 0 Å². The average Bonchev–Trinajstić information content (AvgIpc) is 3.09. The second-order valence-electron chi connectivity index (χ2n) is 6.58. The van der Waals surface area contributed by atoms with Crippen LogP contribution in [0.2, 0.25) is 0 Å². The highest BCUT2D eigenvalue weighted by Crippen LogP contribution is 2.27. The maximum absolute atomic E-state index is 11.8. The van der Waals surface area contributed by atoms with Gasteiger partial charge in [0.2, 0.25) is 0 Å². The van der Waals surface area contributed by atoms with E-state index in [1.54, 1.807) is 6.92 Å². The molecular formula is C23H26O5. The zero-order chi connectivity index (χ0) is 19.6. The van der Waals surface area contributed by atoms with Gasteiger partial charge in [0.25, 0.3) is 0 Å². The van der Waals surface area contributed by atoms with Crippen LogP contribution in [0.5, 0.6) is 0 Å². The zero-order valence-electron chi connectivity index (χ0n) is 16.0. The molecule has 3 rings (SSSR count). The number of hydrogen-bond donors (Lipinski definition) is 0. The van der Waals surface area contributed by atoms with Crippen molar-refractivity contribution in [3.05, 3.63) is 83.9 Å². The Hall–Kier alpha value is -2.63. The lowest BCUT2D eigenvalue weighted by molar-refractivity contribution is -0.0737. The van der Waals surface area contributed by atoms with Crippen LogP contribution < -0.4 is 0 Å². The van der Waals surface area contributed by atoms with Crippen LogP contribution in [0.4, 0.5) is 4.79 Å². The van der Waals surface area contributed by atoms with Gasteiger partial charge in [-0.15, -0.1) is 0 Å². The fourth-order valence-electron chi connectivity index (χ4n) is 3.11. The molecule has 2 aromatic rings. The van der Waals surface area contributed by atoms with Crippen molar-refractivity contribution in [3.63, 3.8) is 0 Å². The molecular weight excluding hydrogens is 356 g/mol. The van der Waals surface area contributed by atoms with Gasteiger partial charge in [-0.05, 0) is 24.1 Å². The minimum Gasteiger partial charge on any atom is -0.435 e. The maximum atomic E-state index is 11.8. The molecule has 0 saturated heterocycles. The Morgan fingerprint density at radius 1 is 0.893 bits per heavy atom. The van der Waals surface area contributed by atoms with Gasteiger partial charge in [-0.1, -0.05) is 66.7 Å². The summed E-state index contributed by atoms with van der Waals surface area (Å²) in [7, 11) is 0. The first-order valence-corrected chi connectivity index (χ1v) is 9.55. The van der Waals surface area contributed by atoms with Gasteiger partial charge >= 0.3 is 6.16 Å². The first kappa shape index (κ1) is 20.1. The molecule has 0 heterocycles. The van der Waals surface area contributed by atoms with Crippen LogP contribution in [0.3, 0.4) is 0 Å². The minimum atomic E-state index is -0.684. The van der Waals surface area contributed by atoms with Crippen molar-refractivity contribution in [3.8, 4) is 0 Å². The SMILES string of the molecule is CCOC(=O)O[C@H]1C=C[C@@H](COCc2ccccc2)[C@@H]1OCc1ccccc1. The lowest BCUT2D eigenvalue weighted by atomic mass is 10.1. The summed E-state index contributed by atoms with van der Waals surface area (Å²) < 4.78 is 22.3. The van der Waals surface area contributed by atoms with E-state index in [1.807, 2.05) is 72.8 Å². The number of carbonyl (C=O) groups excluding carboxylic acids is 1. The van der Waals surface area contributed by atoms with E-state index < -0.39 is 12.3 Å². The molecule has 0 aliphatic heterocycles. The van der Waals surface area contributed by atoms with Crippen LogP contribution >= 0.6 is 0 Å². The average molecular weight is 382 g/mol. The third kappa shape index (κ3) is 5.94. The molecule has 148 valence electrons. The van der Waals surface area contributed by atoms with E-state index in [0.717, 1.165) is 11.1 Å². The molecule has 0 bridgehead atoms. The molecule has 2 aromatic carbocycles. The van der Waals surface area contributed by atoms with E-state index in [9.17, 15) is 4.79 Å². The molecule has 0 amide bonds.